The van der Waals surface area contributed by atoms with Gasteiger partial charge in [0.1, 0.15) is 0 Å². The number of aryl methyl sites for hydroxylation is 2. The minimum absolute atomic E-state index is 0.217. The zero-order valence-corrected chi connectivity index (χ0v) is 13.0. The molecular formula is C12H14BrN3O2S. The van der Waals surface area contributed by atoms with Crippen LogP contribution >= 0.6 is 15.9 Å². The molecule has 0 aliphatic carbocycles. The summed E-state index contributed by atoms with van der Waals surface area (Å²) in [5, 5.41) is 3.99. The van der Waals surface area contributed by atoms with Gasteiger partial charge in [0.05, 0.1) is 17.1 Å². The first-order valence-electron chi connectivity index (χ1n) is 5.63. The van der Waals surface area contributed by atoms with Gasteiger partial charge in [-0.3, -0.25) is 4.68 Å². The van der Waals surface area contributed by atoms with E-state index in [-0.39, 0.29) is 11.4 Å². The van der Waals surface area contributed by atoms with Crippen molar-refractivity contribution in [2.24, 2.45) is 7.05 Å². The number of benzene rings is 1. The van der Waals surface area contributed by atoms with Crippen molar-refractivity contribution in [1.82, 2.24) is 14.5 Å². The Labute approximate surface area is 120 Å². The van der Waals surface area contributed by atoms with Gasteiger partial charge < -0.3 is 0 Å². The molecule has 2 aromatic rings. The Morgan fingerprint density at radius 1 is 1.37 bits per heavy atom. The van der Waals surface area contributed by atoms with Gasteiger partial charge in [0, 0.05) is 17.7 Å². The second kappa shape index (κ2) is 5.44. The van der Waals surface area contributed by atoms with Crippen LogP contribution in [0.15, 0.2) is 39.8 Å². The Hall–Kier alpha value is -1.18. The molecular weight excluding hydrogens is 330 g/mol. The van der Waals surface area contributed by atoms with Crippen LogP contribution < -0.4 is 4.72 Å². The van der Waals surface area contributed by atoms with Crippen molar-refractivity contribution in [3.63, 3.8) is 0 Å². The Bertz CT molecular complexity index is 695. The third kappa shape index (κ3) is 3.23. The number of halogens is 1. The Morgan fingerprint density at radius 2 is 2.11 bits per heavy atom. The molecule has 0 saturated heterocycles. The lowest BCUT2D eigenvalue weighted by Crippen LogP contribution is -2.25. The Kier molecular flexibility index (Phi) is 4.07. The normalized spacial score (nSPS) is 11.7. The first kappa shape index (κ1) is 14.2. The van der Waals surface area contributed by atoms with Gasteiger partial charge in [0.2, 0.25) is 10.0 Å². The van der Waals surface area contributed by atoms with E-state index in [9.17, 15) is 8.42 Å². The monoisotopic (exact) mass is 343 g/mol. The maximum Gasteiger partial charge on any atom is 0.241 e. The summed E-state index contributed by atoms with van der Waals surface area (Å²) >= 11 is 3.32. The SMILES string of the molecule is Cc1cc(Br)ccc1S(=O)(=O)NCc1ccnn1C. The van der Waals surface area contributed by atoms with Crippen LogP contribution in [0.2, 0.25) is 0 Å². The van der Waals surface area contributed by atoms with E-state index in [4.69, 9.17) is 0 Å². The smallest absolute Gasteiger partial charge is 0.241 e. The molecule has 7 heteroatoms. The minimum atomic E-state index is -3.51. The molecule has 0 saturated carbocycles. The van der Waals surface area contributed by atoms with Gasteiger partial charge in [-0.15, -0.1) is 0 Å². The van der Waals surface area contributed by atoms with Crippen LogP contribution in [0.5, 0.6) is 0 Å². The summed E-state index contributed by atoms with van der Waals surface area (Å²) in [6.45, 7) is 1.98. The number of aromatic nitrogens is 2. The Morgan fingerprint density at radius 3 is 2.68 bits per heavy atom. The van der Waals surface area contributed by atoms with Gasteiger partial charge in [0.25, 0.3) is 0 Å². The maximum atomic E-state index is 12.2. The molecule has 1 heterocycles. The highest BCUT2D eigenvalue weighted by Crippen LogP contribution is 2.20. The summed E-state index contributed by atoms with van der Waals surface area (Å²) in [4.78, 5) is 0.290. The molecule has 1 aromatic carbocycles. The van der Waals surface area contributed by atoms with Crippen molar-refractivity contribution in [1.29, 1.82) is 0 Å². The van der Waals surface area contributed by atoms with Crippen molar-refractivity contribution >= 4 is 26.0 Å². The predicted octanol–water partition coefficient (Wildman–Crippen LogP) is 1.97. The molecule has 0 radical (unpaired) electrons. The quantitative estimate of drug-likeness (QED) is 0.922. The second-order valence-electron chi connectivity index (χ2n) is 4.18. The number of rotatable bonds is 4. The fraction of sp³-hybridized carbons (Fsp3) is 0.250. The summed E-state index contributed by atoms with van der Waals surface area (Å²) in [5.74, 6) is 0. The van der Waals surface area contributed by atoms with Crippen molar-refractivity contribution in [3.05, 3.63) is 46.2 Å². The van der Waals surface area contributed by atoms with E-state index in [1.807, 2.05) is 0 Å². The van der Waals surface area contributed by atoms with Gasteiger partial charge >= 0.3 is 0 Å². The van der Waals surface area contributed by atoms with Crippen molar-refractivity contribution in [3.8, 4) is 0 Å². The van der Waals surface area contributed by atoms with Crippen LogP contribution in [0.25, 0.3) is 0 Å². The topological polar surface area (TPSA) is 64.0 Å². The zero-order valence-electron chi connectivity index (χ0n) is 10.6. The van der Waals surface area contributed by atoms with Gasteiger partial charge in [-0.2, -0.15) is 5.10 Å². The predicted molar refractivity (Wildman–Crippen MR) is 76.1 cm³/mol. The van der Waals surface area contributed by atoms with E-state index >= 15 is 0 Å². The van der Waals surface area contributed by atoms with Crippen LogP contribution in [0.4, 0.5) is 0 Å². The van der Waals surface area contributed by atoms with E-state index in [2.05, 4.69) is 25.8 Å². The lowest BCUT2D eigenvalue weighted by Gasteiger charge is -2.09. The molecule has 5 nitrogen and oxygen atoms in total. The van der Waals surface area contributed by atoms with Crippen molar-refractivity contribution < 1.29 is 8.42 Å². The number of hydrogen-bond acceptors (Lipinski definition) is 3. The molecule has 1 N–H and O–H groups in total. The number of hydrogen-bond donors (Lipinski definition) is 1. The number of nitrogens with one attached hydrogen (secondary N) is 1. The van der Waals surface area contributed by atoms with Crippen molar-refractivity contribution in [2.75, 3.05) is 0 Å². The number of sulfonamides is 1. The molecule has 102 valence electrons. The van der Waals surface area contributed by atoms with Crippen LogP contribution in [-0.2, 0) is 23.6 Å². The van der Waals surface area contributed by atoms with Crippen LogP contribution in [0.3, 0.4) is 0 Å². The summed E-state index contributed by atoms with van der Waals surface area (Å²) in [6, 6.07) is 6.85. The number of nitrogens with zero attached hydrogens (tertiary/aromatic N) is 2. The van der Waals surface area contributed by atoms with Crippen molar-refractivity contribution in [2.45, 2.75) is 18.4 Å². The average Bonchev–Trinajstić information content (AvgIpc) is 2.72. The molecule has 0 atom stereocenters. The third-order valence-corrected chi connectivity index (χ3v) is 4.85. The summed E-state index contributed by atoms with van der Waals surface area (Å²) in [7, 11) is -1.74. The molecule has 0 aliphatic heterocycles. The molecule has 0 amide bonds. The first-order chi connectivity index (χ1) is 8.90. The van der Waals surface area contributed by atoms with Gasteiger partial charge in [-0.1, -0.05) is 15.9 Å². The van der Waals surface area contributed by atoms with Crippen LogP contribution in [-0.4, -0.2) is 18.2 Å². The fourth-order valence-electron chi connectivity index (χ4n) is 1.74. The Balaban J connectivity index is 2.21. The molecule has 0 spiro atoms. The lowest BCUT2D eigenvalue weighted by atomic mass is 10.2. The van der Waals surface area contributed by atoms with E-state index in [0.29, 0.717) is 5.56 Å². The molecule has 19 heavy (non-hydrogen) atoms. The zero-order chi connectivity index (χ0) is 14.0. The largest absolute Gasteiger partial charge is 0.271 e. The van der Waals surface area contributed by atoms with E-state index < -0.39 is 10.0 Å². The van der Waals surface area contributed by atoms with E-state index in [1.165, 1.54) is 0 Å². The summed E-state index contributed by atoms with van der Waals surface area (Å²) < 4.78 is 29.5. The highest BCUT2D eigenvalue weighted by Gasteiger charge is 2.17. The average molecular weight is 344 g/mol. The highest BCUT2D eigenvalue weighted by atomic mass is 79.9. The minimum Gasteiger partial charge on any atom is -0.271 e. The van der Waals surface area contributed by atoms with Crippen LogP contribution in [0.1, 0.15) is 11.3 Å². The molecule has 0 aliphatic rings. The molecule has 1 aromatic heterocycles. The standard InChI is InChI=1S/C12H14BrN3O2S/c1-9-7-10(13)3-4-12(9)19(17,18)15-8-11-5-6-14-16(11)2/h3-7,15H,8H2,1-2H3. The lowest BCUT2D eigenvalue weighted by molar-refractivity contribution is 0.576. The van der Waals surface area contributed by atoms with Crippen LogP contribution in [0, 0.1) is 6.92 Å². The maximum absolute atomic E-state index is 12.2. The molecule has 0 fully saturated rings. The summed E-state index contributed by atoms with van der Waals surface area (Å²) in [6.07, 6.45) is 1.63. The van der Waals surface area contributed by atoms with E-state index in [1.54, 1.807) is 49.1 Å². The second-order valence-corrected chi connectivity index (χ2v) is 6.83. The molecule has 2 rings (SSSR count). The van der Waals surface area contributed by atoms with Gasteiger partial charge in [0.15, 0.2) is 0 Å². The third-order valence-electron chi connectivity index (χ3n) is 2.79. The van der Waals surface area contributed by atoms with Gasteiger partial charge in [-0.25, -0.2) is 13.1 Å². The highest BCUT2D eigenvalue weighted by molar-refractivity contribution is 9.10. The first-order valence-corrected chi connectivity index (χ1v) is 7.90. The molecule has 0 bridgehead atoms. The summed E-state index contributed by atoms with van der Waals surface area (Å²) in [5.41, 5.74) is 1.50. The van der Waals surface area contributed by atoms with Gasteiger partial charge in [-0.05, 0) is 36.8 Å². The fourth-order valence-corrected chi connectivity index (χ4v) is 3.43. The van der Waals surface area contributed by atoms with E-state index in [0.717, 1.165) is 10.2 Å². The molecule has 0 unspecified atom stereocenters.